The number of nitrogens with one attached hydrogen (secondary N) is 1. The number of aromatic amines is 1. The Labute approximate surface area is 179 Å². The number of ether oxygens (including phenoxy) is 4. The molecule has 0 aliphatic carbocycles. The third-order valence-corrected chi connectivity index (χ3v) is 5.02. The van der Waals surface area contributed by atoms with Gasteiger partial charge in [-0.05, 0) is 52.0 Å². The zero-order valence-corrected chi connectivity index (χ0v) is 18.2. The van der Waals surface area contributed by atoms with E-state index in [1.165, 1.54) is 0 Å². The van der Waals surface area contributed by atoms with Crippen molar-refractivity contribution in [2.24, 2.45) is 0 Å². The maximum Gasteiger partial charge on any atom is 0.338 e. The van der Waals surface area contributed by atoms with E-state index in [2.05, 4.69) is 4.98 Å². The quantitative estimate of drug-likeness (QED) is 0.705. The lowest BCUT2D eigenvalue weighted by Crippen LogP contribution is -2.31. The summed E-state index contributed by atoms with van der Waals surface area (Å²) in [5, 5.41) is 0.683. The number of hydrogen-bond donors (Lipinski definition) is 1. The molecular formula is C23H25NO7. The van der Waals surface area contributed by atoms with E-state index in [9.17, 15) is 14.4 Å². The van der Waals surface area contributed by atoms with Gasteiger partial charge in [-0.3, -0.25) is 4.79 Å². The van der Waals surface area contributed by atoms with Gasteiger partial charge in [0.15, 0.2) is 0 Å². The summed E-state index contributed by atoms with van der Waals surface area (Å²) >= 11 is 0. The van der Waals surface area contributed by atoms with Crippen molar-refractivity contribution in [1.29, 1.82) is 0 Å². The summed E-state index contributed by atoms with van der Waals surface area (Å²) in [5.41, 5.74) is 0.535. The lowest BCUT2D eigenvalue weighted by molar-refractivity contribution is -0.140. The Hall–Kier alpha value is -3.55. The first kappa shape index (κ1) is 22.1. The van der Waals surface area contributed by atoms with Crippen molar-refractivity contribution < 1.29 is 28.5 Å². The Balaban J connectivity index is 2.30. The summed E-state index contributed by atoms with van der Waals surface area (Å²) in [7, 11) is 1.54. The Morgan fingerprint density at radius 3 is 2.10 bits per heavy atom. The number of H-pyrrole nitrogens is 1. The van der Waals surface area contributed by atoms with Crippen LogP contribution in [0.2, 0.25) is 0 Å². The zero-order valence-electron chi connectivity index (χ0n) is 18.2. The van der Waals surface area contributed by atoms with E-state index < -0.39 is 23.4 Å². The highest BCUT2D eigenvalue weighted by atomic mass is 16.5. The van der Waals surface area contributed by atoms with Gasteiger partial charge in [0.25, 0.3) is 5.56 Å². The lowest BCUT2D eigenvalue weighted by Gasteiger charge is -2.29. The Morgan fingerprint density at radius 1 is 1.00 bits per heavy atom. The van der Waals surface area contributed by atoms with Gasteiger partial charge >= 0.3 is 11.9 Å². The predicted octanol–water partition coefficient (Wildman–Crippen LogP) is 3.32. The molecule has 0 bridgehead atoms. The van der Waals surface area contributed by atoms with Crippen molar-refractivity contribution in [1.82, 2.24) is 4.98 Å². The SMILES string of the molecule is CCOC(=O)C1=C(C)OC(C)=C(C(=O)OCC)C1c1cc2cc(OC)ccc2[nH]c1=O. The van der Waals surface area contributed by atoms with Gasteiger partial charge in [0.05, 0.1) is 37.4 Å². The smallest absolute Gasteiger partial charge is 0.338 e. The minimum Gasteiger partial charge on any atom is -0.497 e. The molecule has 3 rings (SSSR count). The van der Waals surface area contributed by atoms with E-state index in [1.807, 2.05) is 0 Å². The molecule has 0 spiro atoms. The molecule has 8 nitrogen and oxygen atoms in total. The van der Waals surface area contributed by atoms with Crippen LogP contribution in [-0.2, 0) is 23.8 Å². The molecule has 0 fully saturated rings. The van der Waals surface area contributed by atoms with Crippen molar-refractivity contribution in [3.05, 3.63) is 62.8 Å². The van der Waals surface area contributed by atoms with E-state index in [-0.39, 0.29) is 41.4 Å². The largest absolute Gasteiger partial charge is 0.497 e. The van der Waals surface area contributed by atoms with Crippen molar-refractivity contribution >= 4 is 22.8 Å². The third-order valence-electron chi connectivity index (χ3n) is 5.02. The lowest BCUT2D eigenvalue weighted by atomic mass is 9.82. The summed E-state index contributed by atoms with van der Waals surface area (Å²) in [5.74, 6) is -1.20. The summed E-state index contributed by atoms with van der Waals surface area (Å²) in [6, 6.07) is 6.86. The number of allylic oxidation sites excluding steroid dienone is 2. The standard InChI is InChI=1S/C23H25NO7/c1-6-29-22(26)18-12(3)31-13(4)19(23(27)30-7-2)20(18)16-11-14-10-15(28-5)8-9-17(14)24-21(16)25/h8-11,20H,6-7H2,1-5H3,(H,24,25). The summed E-state index contributed by atoms with van der Waals surface area (Å²) in [4.78, 5) is 41.6. The van der Waals surface area contributed by atoms with Crippen LogP contribution in [-0.4, -0.2) is 37.2 Å². The van der Waals surface area contributed by atoms with Crippen molar-refractivity contribution in [2.45, 2.75) is 33.6 Å². The van der Waals surface area contributed by atoms with Crippen LogP contribution >= 0.6 is 0 Å². The second-order valence-corrected chi connectivity index (χ2v) is 6.92. The fraction of sp³-hybridized carbons (Fsp3) is 0.348. The van der Waals surface area contributed by atoms with Crippen LogP contribution in [0.5, 0.6) is 5.75 Å². The van der Waals surface area contributed by atoms with Crippen LogP contribution in [0.1, 0.15) is 39.2 Å². The highest BCUT2D eigenvalue weighted by molar-refractivity contribution is 5.99. The zero-order chi connectivity index (χ0) is 22.7. The monoisotopic (exact) mass is 427 g/mol. The van der Waals surface area contributed by atoms with Gasteiger partial charge in [-0.15, -0.1) is 0 Å². The number of benzene rings is 1. The van der Waals surface area contributed by atoms with Gasteiger partial charge in [0.2, 0.25) is 0 Å². The molecule has 1 aromatic heterocycles. The Morgan fingerprint density at radius 2 is 1.58 bits per heavy atom. The van der Waals surface area contributed by atoms with E-state index in [1.54, 1.807) is 59.1 Å². The molecule has 0 amide bonds. The summed E-state index contributed by atoms with van der Waals surface area (Å²) < 4.78 is 21.4. The van der Waals surface area contributed by atoms with Gasteiger partial charge in [-0.2, -0.15) is 0 Å². The molecule has 0 atom stereocenters. The number of pyridine rings is 1. The fourth-order valence-electron chi connectivity index (χ4n) is 3.69. The maximum atomic E-state index is 13.1. The second-order valence-electron chi connectivity index (χ2n) is 6.92. The molecular weight excluding hydrogens is 402 g/mol. The molecule has 2 aromatic rings. The van der Waals surface area contributed by atoms with Crippen LogP contribution in [0, 0.1) is 0 Å². The normalized spacial score (nSPS) is 14.5. The molecule has 1 aromatic carbocycles. The van der Waals surface area contributed by atoms with Crippen molar-refractivity contribution in [3.63, 3.8) is 0 Å². The van der Waals surface area contributed by atoms with Gasteiger partial charge in [0, 0.05) is 16.5 Å². The number of aromatic nitrogens is 1. The molecule has 1 N–H and O–H groups in total. The number of fused-ring (bicyclic) bond motifs is 1. The molecule has 0 saturated heterocycles. The number of methoxy groups -OCH3 is 1. The predicted molar refractivity (Wildman–Crippen MR) is 114 cm³/mol. The van der Waals surface area contributed by atoms with Crippen LogP contribution in [0.15, 0.2) is 51.7 Å². The maximum absolute atomic E-state index is 13.1. The highest BCUT2D eigenvalue weighted by Crippen LogP contribution is 2.41. The molecule has 0 radical (unpaired) electrons. The van der Waals surface area contributed by atoms with E-state index in [0.717, 1.165) is 0 Å². The van der Waals surface area contributed by atoms with E-state index in [4.69, 9.17) is 18.9 Å². The summed E-state index contributed by atoms with van der Waals surface area (Å²) in [6.45, 7) is 6.81. The van der Waals surface area contributed by atoms with E-state index >= 15 is 0 Å². The fourth-order valence-corrected chi connectivity index (χ4v) is 3.69. The minimum absolute atomic E-state index is 0.0863. The Bertz CT molecular complexity index is 1120. The molecule has 1 aliphatic rings. The molecule has 164 valence electrons. The third kappa shape index (κ3) is 4.19. The number of carbonyl (C=O) groups excluding carboxylic acids is 2. The molecule has 1 aliphatic heterocycles. The topological polar surface area (TPSA) is 104 Å². The van der Waals surface area contributed by atoms with Gasteiger partial charge in [-0.25, -0.2) is 9.59 Å². The first-order valence-electron chi connectivity index (χ1n) is 9.96. The first-order chi connectivity index (χ1) is 14.8. The molecule has 0 saturated carbocycles. The number of carbonyl (C=O) groups is 2. The van der Waals surface area contributed by atoms with Crippen LogP contribution in [0.3, 0.4) is 0 Å². The van der Waals surface area contributed by atoms with Gasteiger partial charge in [0.1, 0.15) is 17.3 Å². The number of esters is 2. The van der Waals surface area contributed by atoms with Crippen LogP contribution in [0.25, 0.3) is 10.9 Å². The van der Waals surface area contributed by atoms with Crippen LogP contribution < -0.4 is 10.3 Å². The number of rotatable bonds is 6. The highest BCUT2D eigenvalue weighted by Gasteiger charge is 2.40. The average Bonchev–Trinajstić information content (AvgIpc) is 2.72. The molecule has 8 heteroatoms. The molecule has 0 unspecified atom stereocenters. The summed E-state index contributed by atoms with van der Waals surface area (Å²) in [6.07, 6.45) is 0. The molecule has 31 heavy (non-hydrogen) atoms. The molecule has 2 heterocycles. The first-order valence-corrected chi connectivity index (χ1v) is 9.96. The van der Waals surface area contributed by atoms with Gasteiger partial charge in [-0.1, -0.05) is 0 Å². The minimum atomic E-state index is -1.01. The van der Waals surface area contributed by atoms with E-state index in [0.29, 0.717) is 16.7 Å². The van der Waals surface area contributed by atoms with Crippen LogP contribution in [0.4, 0.5) is 0 Å². The number of hydrogen-bond acceptors (Lipinski definition) is 7. The average molecular weight is 427 g/mol. The van der Waals surface area contributed by atoms with Crippen molar-refractivity contribution in [3.8, 4) is 5.75 Å². The Kier molecular flexibility index (Phi) is 6.48. The van der Waals surface area contributed by atoms with Gasteiger partial charge < -0.3 is 23.9 Å². The van der Waals surface area contributed by atoms with Crippen molar-refractivity contribution in [2.75, 3.05) is 20.3 Å². The second kappa shape index (κ2) is 9.07.